The van der Waals surface area contributed by atoms with E-state index in [-0.39, 0.29) is 5.75 Å². The van der Waals surface area contributed by atoms with Gasteiger partial charge < -0.3 is 10.2 Å². The molecule has 10 nitrogen and oxygen atoms in total. The fraction of sp³-hybridized carbons (Fsp3) is 0.188. The summed E-state index contributed by atoms with van der Waals surface area (Å²) in [6.07, 6.45) is 4.74. The predicted octanol–water partition coefficient (Wildman–Crippen LogP) is 0.714. The molecule has 27 heavy (non-hydrogen) atoms. The van der Waals surface area contributed by atoms with E-state index < -0.39 is 10.0 Å². The highest BCUT2D eigenvalue weighted by atomic mass is 32.2. The Labute approximate surface area is 155 Å². The summed E-state index contributed by atoms with van der Waals surface area (Å²) >= 11 is 0. The average Bonchev–Trinajstić information content (AvgIpc) is 3.05. The number of nitrogens with zero attached hydrogens (tertiary/aromatic N) is 6. The van der Waals surface area contributed by atoms with E-state index in [0.29, 0.717) is 36.2 Å². The second-order valence-electron chi connectivity index (χ2n) is 6.09. The lowest BCUT2D eigenvalue weighted by molar-refractivity contribution is 0.597. The first-order valence-electron chi connectivity index (χ1n) is 8.04. The van der Waals surface area contributed by atoms with Gasteiger partial charge in [0.25, 0.3) is 0 Å². The Morgan fingerprint density at radius 3 is 2.85 bits per heavy atom. The fourth-order valence-electron chi connectivity index (χ4n) is 2.84. The Hall–Kier alpha value is -3.18. The smallest absolute Gasteiger partial charge is 0.231 e. The quantitative estimate of drug-likeness (QED) is 0.651. The van der Waals surface area contributed by atoms with Gasteiger partial charge in [0.15, 0.2) is 0 Å². The molecule has 0 amide bonds. The number of fused-ring (bicyclic) bond motifs is 1. The van der Waals surface area contributed by atoms with Crippen molar-refractivity contribution < 1.29 is 8.42 Å². The summed E-state index contributed by atoms with van der Waals surface area (Å²) in [5, 5.41) is 8.16. The lowest BCUT2D eigenvalue weighted by Gasteiger charge is -2.15. The van der Waals surface area contributed by atoms with Crippen molar-refractivity contribution >= 4 is 27.6 Å². The zero-order valence-corrected chi connectivity index (χ0v) is 15.0. The molecule has 0 radical (unpaired) electrons. The normalized spacial score (nSPS) is 13.4. The largest absolute Gasteiger partial charge is 0.330 e. The molecule has 0 unspecified atom stereocenters. The molecule has 0 spiro atoms. The van der Waals surface area contributed by atoms with Crippen molar-refractivity contribution in [3.8, 4) is 0 Å². The molecular formula is C16H16N8O2S. The van der Waals surface area contributed by atoms with Gasteiger partial charge in [-0.2, -0.15) is 4.98 Å². The third kappa shape index (κ3) is 4.15. The van der Waals surface area contributed by atoms with Crippen LogP contribution in [0.2, 0.25) is 0 Å². The van der Waals surface area contributed by atoms with Gasteiger partial charge in [0.05, 0.1) is 18.0 Å². The van der Waals surface area contributed by atoms with Crippen molar-refractivity contribution in [3.05, 3.63) is 59.9 Å². The second-order valence-corrected chi connectivity index (χ2v) is 7.71. The number of nitrogens with one attached hydrogen (secondary N) is 1. The highest BCUT2D eigenvalue weighted by molar-refractivity contribution is 7.88. The van der Waals surface area contributed by atoms with Crippen LogP contribution in [-0.2, 0) is 28.9 Å². The molecule has 0 saturated carbocycles. The summed E-state index contributed by atoms with van der Waals surface area (Å²) in [5.74, 6) is 0.638. The van der Waals surface area contributed by atoms with Crippen LogP contribution in [0.4, 0.5) is 17.6 Å². The molecule has 1 aliphatic rings. The summed E-state index contributed by atoms with van der Waals surface area (Å²) in [6, 6.07) is 6.91. The molecule has 0 saturated heterocycles. The van der Waals surface area contributed by atoms with E-state index in [4.69, 9.17) is 5.14 Å². The van der Waals surface area contributed by atoms with Gasteiger partial charge in [-0.05, 0) is 17.7 Å². The van der Waals surface area contributed by atoms with E-state index in [9.17, 15) is 8.42 Å². The van der Waals surface area contributed by atoms with Crippen LogP contribution in [0.1, 0.15) is 16.8 Å². The summed E-state index contributed by atoms with van der Waals surface area (Å²) in [5.41, 5.74) is 3.23. The van der Waals surface area contributed by atoms with Crippen LogP contribution < -0.4 is 15.4 Å². The van der Waals surface area contributed by atoms with Crippen molar-refractivity contribution in [2.45, 2.75) is 18.8 Å². The SMILES string of the molecule is NS(=O)(=O)Cc1cccc(Nc2ncnc(N3Cc4cncnc4C3)n2)c1. The van der Waals surface area contributed by atoms with Gasteiger partial charge in [-0.1, -0.05) is 12.1 Å². The number of benzene rings is 1. The van der Waals surface area contributed by atoms with Crippen molar-refractivity contribution in [1.82, 2.24) is 24.9 Å². The first-order chi connectivity index (χ1) is 13.0. The third-order valence-electron chi connectivity index (χ3n) is 3.98. The molecule has 1 aromatic carbocycles. The van der Waals surface area contributed by atoms with E-state index >= 15 is 0 Å². The van der Waals surface area contributed by atoms with Crippen LogP contribution >= 0.6 is 0 Å². The molecule has 0 bridgehead atoms. The molecule has 3 aromatic rings. The van der Waals surface area contributed by atoms with Gasteiger partial charge in [0.1, 0.15) is 12.7 Å². The van der Waals surface area contributed by atoms with Crippen molar-refractivity contribution in [3.63, 3.8) is 0 Å². The van der Waals surface area contributed by atoms with Gasteiger partial charge in [0, 0.05) is 24.0 Å². The standard InChI is InChI=1S/C16H16N8O2S/c17-27(25,26)8-11-2-1-3-13(4-11)22-15-20-10-21-16(23-15)24-6-12-5-18-9-19-14(12)7-24/h1-5,9-10H,6-8H2,(H2,17,25,26)(H,20,21,22,23). The molecular weight excluding hydrogens is 368 g/mol. The van der Waals surface area contributed by atoms with Crippen LogP contribution in [-0.4, -0.2) is 33.3 Å². The maximum absolute atomic E-state index is 11.3. The minimum Gasteiger partial charge on any atom is -0.330 e. The van der Waals surface area contributed by atoms with E-state index in [1.54, 1.807) is 30.5 Å². The molecule has 11 heteroatoms. The van der Waals surface area contributed by atoms with E-state index in [2.05, 4.69) is 30.2 Å². The number of anilines is 3. The molecule has 138 valence electrons. The van der Waals surface area contributed by atoms with Crippen LogP contribution in [0.25, 0.3) is 0 Å². The summed E-state index contributed by atoms with van der Waals surface area (Å²) in [4.78, 5) is 23.1. The molecule has 0 atom stereocenters. The van der Waals surface area contributed by atoms with Crippen LogP contribution in [0.5, 0.6) is 0 Å². The van der Waals surface area contributed by atoms with Gasteiger partial charge in [-0.15, -0.1) is 0 Å². The lowest BCUT2D eigenvalue weighted by Crippen LogP contribution is -2.18. The van der Waals surface area contributed by atoms with Gasteiger partial charge in [-0.3, -0.25) is 0 Å². The van der Waals surface area contributed by atoms with Gasteiger partial charge in [0.2, 0.25) is 21.9 Å². The Morgan fingerprint density at radius 1 is 1.15 bits per heavy atom. The zero-order chi connectivity index (χ0) is 18.9. The number of aromatic nitrogens is 5. The fourth-order valence-corrected chi connectivity index (χ4v) is 3.49. The number of sulfonamides is 1. The first-order valence-corrected chi connectivity index (χ1v) is 9.76. The van der Waals surface area contributed by atoms with E-state index in [1.807, 2.05) is 4.90 Å². The van der Waals surface area contributed by atoms with E-state index in [1.165, 1.54) is 12.7 Å². The Kier molecular flexibility index (Phi) is 4.38. The van der Waals surface area contributed by atoms with Crippen molar-refractivity contribution in [2.75, 3.05) is 10.2 Å². The maximum Gasteiger partial charge on any atom is 0.231 e. The molecule has 3 heterocycles. The minimum atomic E-state index is -3.60. The topological polar surface area (TPSA) is 140 Å². The molecule has 4 rings (SSSR count). The van der Waals surface area contributed by atoms with Crippen molar-refractivity contribution in [2.24, 2.45) is 5.14 Å². The molecule has 0 aliphatic carbocycles. The predicted molar refractivity (Wildman–Crippen MR) is 98.3 cm³/mol. The number of hydrogen-bond donors (Lipinski definition) is 2. The number of primary sulfonamides is 1. The van der Waals surface area contributed by atoms with Crippen LogP contribution in [0.15, 0.2) is 43.1 Å². The van der Waals surface area contributed by atoms with Crippen LogP contribution in [0.3, 0.4) is 0 Å². The third-order valence-corrected chi connectivity index (χ3v) is 4.71. The number of hydrogen-bond acceptors (Lipinski definition) is 9. The summed E-state index contributed by atoms with van der Waals surface area (Å²) in [6.45, 7) is 1.23. The number of nitrogens with two attached hydrogens (primary N) is 1. The van der Waals surface area contributed by atoms with E-state index in [0.717, 1.165) is 11.3 Å². The lowest BCUT2D eigenvalue weighted by atomic mass is 10.2. The van der Waals surface area contributed by atoms with Crippen molar-refractivity contribution in [1.29, 1.82) is 0 Å². The second kappa shape index (κ2) is 6.85. The highest BCUT2D eigenvalue weighted by Crippen LogP contribution is 2.24. The minimum absolute atomic E-state index is 0.238. The first kappa shape index (κ1) is 17.2. The molecule has 1 aliphatic heterocycles. The average molecular weight is 384 g/mol. The maximum atomic E-state index is 11.3. The Bertz CT molecular complexity index is 1060. The Morgan fingerprint density at radius 2 is 2.04 bits per heavy atom. The van der Waals surface area contributed by atoms with Gasteiger partial charge >= 0.3 is 0 Å². The summed E-state index contributed by atoms with van der Waals surface area (Å²) < 4.78 is 22.5. The monoisotopic (exact) mass is 384 g/mol. The molecule has 2 aromatic heterocycles. The van der Waals surface area contributed by atoms with Crippen LogP contribution in [0, 0.1) is 0 Å². The highest BCUT2D eigenvalue weighted by Gasteiger charge is 2.22. The summed E-state index contributed by atoms with van der Waals surface area (Å²) in [7, 11) is -3.60. The zero-order valence-electron chi connectivity index (χ0n) is 14.1. The Balaban J connectivity index is 1.52. The van der Waals surface area contributed by atoms with Gasteiger partial charge in [-0.25, -0.2) is 33.5 Å². The molecule has 3 N–H and O–H groups in total. The molecule has 0 fully saturated rings. The number of rotatable bonds is 5.